The monoisotopic (exact) mass is 368 g/mol. The van der Waals surface area contributed by atoms with Crippen LogP contribution in [0, 0.1) is 16.3 Å². The van der Waals surface area contributed by atoms with E-state index in [4.69, 9.17) is 9.94 Å². The van der Waals surface area contributed by atoms with Crippen LogP contribution in [0.15, 0.2) is 23.3 Å². The Kier molecular flexibility index (Phi) is 6.29. The van der Waals surface area contributed by atoms with Gasteiger partial charge in [-0.1, -0.05) is 0 Å². The van der Waals surface area contributed by atoms with Crippen molar-refractivity contribution in [3.05, 3.63) is 28.6 Å². The fourth-order valence-electron chi connectivity index (χ4n) is 2.67. The number of nitrogens with zero attached hydrogens (tertiary/aromatic N) is 1. The van der Waals surface area contributed by atoms with Crippen LogP contribution in [-0.2, 0) is 9.53 Å². The summed E-state index contributed by atoms with van der Waals surface area (Å²) in [6, 6.07) is 3.69. The molecule has 0 bridgehead atoms. The Labute approximate surface area is 150 Å². The summed E-state index contributed by atoms with van der Waals surface area (Å²) in [6.07, 6.45) is 2.01. The van der Waals surface area contributed by atoms with E-state index >= 15 is 0 Å². The van der Waals surface area contributed by atoms with Gasteiger partial charge in [-0.15, -0.1) is 0 Å². The summed E-state index contributed by atoms with van der Waals surface area (Å²) in [4.78, 5) is 12.3. The molecule has 1 aliphatic carbocycles. The third-order valence-corrected chi connectivity index (χ3v) is 3.84. The molecule has 10 nitrogen and oxygen atoms in total. The van der Waals surface area contributed by atoms with Crippen molar-refractivity contribution in [3.8, 4) is 0 Å². The molecule has 1 fully saturated rings. The van der Waals surface area contributed by atoms with Gasteiger partial charge in [0.15, 0.2) is 11.4 Å². The molecule has 144 valence electrons. The minimum atomic E-state index is -1.27. The first-order chi connectivity index (χ1) is 12.1. The Balaban J connectivity index is 2.19. The number of rotatable bonds is 5. The van der Waals surface area contributed by atoms with Crippen molar-refractivity contribution in [1.82, 2.24) is 0 Å². The maximum Gasteiger partial charge on any atom is 0.315 e. The molecule has 0 aliphatic heterocycles. The van der Waals surface area contributed by atoms with Crippen molar-refractivity contribution in [2.24, 2.45) is 11.0 Å². The number of carbonyl (C=O) groups is 1. The molecule has 2 rings (SSSR count). The first-order valence-corrected chi connectivity index (χ1v) is 8.24. The van der Waals surface area contributed by atoms with Crippen molar-refractivity contribution >= 4 is 28.7 Å². The summed E-state index contributed by atoms with van der Waals surface area (Å²) in [5.74, 6) is -0.816. The lowest BCUT2D eigenvalue weighted by Crippen LogP contribution is -3.00. The lowest BCUT2D eigenvalue weighted by Gasteiger charge is -2.22. The number of ether oxygens (including phenoxy) is 1. The Bertz CT molecular complexity index is 684. The maximum absolute atomic E-state index is 12.3. The predicted molar refractivity (Wildman–Crippen MR) is 92.2 cm³/mol. The Morgan fingerprint density at radius 1 is 1.31 bits per heavy atom. The van der Waals surface area contributed by atoms with E-state index < -0.39 is 22.0 Å². The molecule has 1 aromatic rings. The van der Waals surface area contributed by atoms with Gasteiger partial charge in [0.2, 0.25) is 0 Å². The average Bonchev–Trinajstić information content (AvgIpc) is 2.99. The first kappa shape index (κ1) is 20.2. The standard InChI is InChI=1S/C16H24N4O6/c1-16(2,3)26-15(21)11-5-4-6-12(11)17-18-13-8-7-10(19(22)23)9-14(13)20(24)25/h7-9,11,18-20,22,24H,4-6H2,1-3H3/b17-12-. The van der Waals surface area contributed by atoms with Gasteiger partial charge in [-0.25, -0.2) is 10.4 Å². The fraction of sp³-hybridized carbons (Fsp3) is 0.500. The normalized spacial score (nSPS) is 21.5. The molecule has 0 amide bonds. The van der Waals surface area contributed by atoms with Crippen molar-refractivity contribution in [2.75, 3.05) is 5.43 Å². The van der Waals surface area contributed by atoms with Crippen molar-refractivity contribution < 1.29 is 30.4 Å². The molecular formula is C16H24N4O6. The minimum Gasteiger partial charge on any atom is -0.595 e. The molecule has 0 radical (unpaired) electrons. The van der Waals surface area contributed by atoms with Crippen LogP contribution in [-0.4, -0.2) is 27.7 Å². The van der Waals surface area contributed by atoms with Crippen LogP contribution >= 0.6 is 0 Å². The van der Waals surface area contributed by atoms with E-state index in [9.17, 15) is 20.4 Å². The Hall–Kier alpha value is -2.08. The van der Waals surface area contributed by atoms with Crippen molar-refractivity contribution in [3.63, 3.8) is 0 Å². The number of hydrogen-bond donors (Lipinski definition) is 5. The largest absolute Gasteiger partial charge is 0.595 e. The summed E-state index contributed by atoms with van der Waals surface area (Å²) in [5, 5.41) is 42.3. The Morgan fingerprint density at radius 3 is 2.58 bits per heavy atom. The highest BCUT2D eigenvalue weighted by Crippen LogP contribution is 2.27. The van der Waals surface area contributed by atoms with Gasteiger partial charge >= 0.3 is 5.97 Å². The van der Waals surface area contributed by atoms with Gasteiger partial charge in [0.05, 0.1) is 17.7 Å². The third kappa shape index (κ3) is 5.21. The van der Waals surface area contributed by atoms with Gasteiger partial charge in [0.25, 0.3) is 0 Å². The number of benzene rings is 1. The zero-order chi connectivity index (χ0) is 19.5. The van der Waals surface area contributed by atoms with Crippen molar-refractivity contribution in [2.45, 2.75) is 45.6 Å². The van der Waals surface area contributed by atoms with Gasteiger partial charge in [-0.2, -0.15) is 15.6 Å². The molecule has 1 saturated carbocycles. The second-order valence-electron chi connectivity index (χ2n) is 7.06. The van der Waals surface area contributed by atoms with Gasteiger partial charge in [-0.05, 0) is 46.1 Å². The molecule has 0 heterocycles. The van der Waals surface area contributed by atoms with Crippen LogP contribution in [0.4, 0.5) is 17.1 Å². The number of hydrogen-bond acceptors (Lipinski definition) is 8. The third-order valence-electron chi connectivity index (χ3n) is 3.84. The molecule has 3 atom stereocenters. The van der Waals surface area contributed by atoms with E-state index in [-0.39, 0.29) is 23.0 Å². The van der Waals surface area contributed by atoms with Crippen LogP contribution in [0.5, 0.6) is 0 Å². The molecular weight excluding hydrogens is 344 g/mol. The van der Waals surface area contributed by atoms with E-state index in [0.717, 1.165) is 12.5 Å². The second-order valence-corrected chi connectivity index (χ2v) is 7.06. The lowest BCUT2D eigenvalue weighted by atomic mass is 10.1. The Morgan fingerprint density at radius 2 is 2.00 bits per heavy atom. The van der Waals surface area contributed by atoms with Crippen LogP contribution < -0.4 is 15.9 Å². The summed E-state index contributed by atoms with van der Waals surface area (Å²) < 4.78 is 5.40. The molecule has 0 aromatic heterocycles. The average molecular weight is 368 g/mol. The van der Waals surface area contributed by atoms with E-state index in [1.807, 2.05) is 0 Å². The quantitative estimate of drug-likeness (QED) is 0.373. The van der Waals surface area contributed by atoms with Crippen LogP contribution in [0.25, 0.3) is 0 Å². The highest BCUT2D eigenvalue weighted by molar-refractivity contribution is 6.04. The smallest absolute Gasteiger partial charge is 0.315 e. The first-order valence-electron chi connectivity index (χ1n) is 8.24. The molecule has 1 aromatic carbocycles. The second kappa shape index (κ2) is 8.08. The predicted octanol–water partition coefficient (Wildman–Crippen LogP) is 0.403. The zero-order valence-electron chi connectivity index (χ0n) is 14.9. The SMILES string of the molecule is CC(C)(C)OC(=O)C1CCC/C1=N/Nc1ccc([NH+]([O-])O)cc1[NH+]([O-])O. The summed E-state index contributed by atoms with van der Waals surface area (Å²) >= 11 is 0. The van der Waals surface area contributed by atoms with E-state index in [0.29, 0.717) is 18.6 Å². The highest BCUT2D eigenvalue weighted by atomic mass is 16.8. The molecule has 3 unspecified atom stereocenters. The van der Waals surface area contributed by atoms with Gasteiger partial charge < -0.3 is 15.2 Å². The fourth-order valence-corrected chi connectivity index (χ4v) is 2.67. The number of quaternary nitrogens is 2. The molecule has 0 spiro atoms. The highest BCUT2D eigenvalue weighted by Gasteiger charge is 2.33. The number of hydrazone groups is 1. The molecule has 0 saturated heterocycles. The number of carbonyl (C=O) groups excluding carboxylic acids is 1. The summed E-state index contributed by atoms with van der Waals surface area (Å²) in [5.41, 5.74) is 2.47. The molecule has 5 N–H and O–H groups in total. The van der Waals surface area contributed by atoms with E-state index in [1.165, 1.54) is 12.1 Å². The number of esters is 1. The van der Waals surface area contributed by atoms with E-state index in [1.54, 1.807) is 20.8 Å². The minimum absolute atomic E-state index is 0.131. The number of nitrogens with one attached hydrogen (secondary N) is 3. The maximum atomic E-state index is 12.3. The molecule has 10 heteroatoms. The molecule has 1 aliphatic rings. The van der Waals surface area contributed by atoms with E-state index in [2.05, 4.69) is 10.5 Å². The van der Waals surface area contributed by atoms with Crippen molar-refractivity contribution in [1.29, 1.82) is 0 Å². The number of anilines is 1. The topological polar surface area (TPSA) is 146 Å². The molecule has 26 heavy (non-hydrogen) atoms. The summed E-state index contributed by atoms with van der Waals surface area (Å²) in [6.45, 7) is 5.37. The van der Waals surface area contributed by atoms with Crippen LogP contribution in [0.3, 0.4) is 0 Å². The zero-order valence-corrected chi connectivity index (χ0v) is 14.9. The van der Waals surface area contributed by atoms with Gasteiger partial charge in [0.1, 0.15) is 11.3 Å². The van der Waals surface area contributed by atoms with Crippen LogP contribution in [0.1, 0.15) is 40.0 Å². The lowest BCUT2D eigenvalue weighted by molar-refractivity contribution is -0.996. The van der Waals surface area contributed by atoms with Gasteiger partial charge in [0, 0.05) is 6.07 Å². The summed E-state index contributed by atoms with van der Waals surface area (Å²) in [7, 11) is 0. The van der Waals surface area contributed by atoms with Gasteiger partial charge in [-0.3, -0.25) is 10.2 Å². The van der Waals surface area contributed by atoms with Crippen LogP contribution in [0.2, 0.25) is 0 Å².